The van der Waals surface area contributed by atoms with Crippen molar-refractivity contribution in [1.82, 2.24) is 5.32 Å². The highest BCUT2D eigenvalue weighted by Crippen LogP contribution is 2.39. The van der Waals surface area contributed by atoms with Crippen molar-refractivity contribution in [3.63, 3.8) is 0 Å². The summed E-state index contributed by atoms with van der Waals surface area (Å²) in [7, 11) is 1.58. The Morgan fingerprint density at radius 1 is 1.05 bits per heavy atom. The molecule has 5 nitrogen and oxygen atoms in total. The quantitative estimate of drug-likeness (QED) is 0.235. The molecule has 1 aliphatic heterocycles. The number of carbonyl (C=O) groups is 1. The number of carbonyl (C=O) groups excluding carboxylic acids is 1. The average molecular weight is 531 g/mol. The molecule has 188 valence electrons. The zero-order chi connectivity index (χ0) is 25.8. The first-order valence-electron chi connectivity index (χ1n) is 12.1. The molecule has 0 unspecified atom stereocenters. The number of rotatable bonds is 8. The second kappa shape index (κ2) is 11.2. The molecule has 1 aliphatic rings. The fourth-order valence-electron chi connectivity index (χ4n) is 4.24. The molecule has 1 atom stereocenters. The van der Waals surface area contributed by atoms with Crippen LogP contribution < -0.4 is 20.1 Å². The van der Waals surface area contributed by atoms with E-state index in [0.29, 0.717) is 28.0 Å². The number of halogens is 1. The molecule has 1 heterocycles. The van der Waals surface area contributed by atoms with Crippen LogP contribution in [0, 0.1) is 0 Å². The van der Waals surface area contributed by atoms with Crippen LogP contribution >= 0.6 is 23.4 Å². The topological polar surface area (TPSA) is 59.6 Å². The molecule has 0 saturated carbocycles. The van der Waals surface area contributed by atoms with E-state index in [1.807, 2.05) is 48.5 Å². The third kappa shape index (κ3) is 5.71. The van der Waals surface area contributed by atoms with E-state index in [1.165, 1.54) is 17.3 Å². The zero-order valence-corrected chi connectivity index (χ0v) is 22.2. The Labute approximate surface area is 225 Å². The van der Waals surface area contributed by atoms with Crippen molar-refractivity contribution < 1.29 is 14.3 Å². The highest BCUT2D eigenvalue weighted by atomic mass is 35.5. The maximum atomic E-state index is 12.6. The Bertz CT molecular complexity index is 1460. The van der Waals surface area contributed by atoms with E-state index in [-0.39, 0.29) is 11.4 Å². The molecule has 1 amide bonds. The molecular weight excluding hydrogens is 504 g/mol. The van der Waals surface area contributed by atoms with Crippen molar-refractivity contribution in [3.8, 4) is 11.5 Å². The molecular formula is C30H27ClN2O3S. The summed E-state index contributed by atoms with van der Waals surface area (Å²) in [5.74, 6) is 0.838. The number of amides is 1. The fraction of sp³-hybridized carbons (Fsp3) is 0.167. The molecule has 2 N–H and O–H groups in total. The lowest BCUT2D eigenvalue weighted by Gasteiger charge is -2.14. The molecule has 1 fully saturated rings. The molecule has 7 heteroatoms. The molecule has 5 rings (SSSR count). The number of thioether (sulfide) groups is 1. The van der Waals surface area contributed by atoms with Gasteiger partial charge in [0.05, 0.1) is 17.0 Å². The van der Waals surface area contributed by atoms with E-state index >= 15 is 0 Å². The highest BCUT2D eigenvalue weighted by Gasteiger charge is 2.27. The summed E-state index contributed by atoms with van der Waals surface area (Å²) >= 11 is 8.05. The van der Waals surface area contributed by atoms with E-state index in [1.54, 1.807) is 13.2 Å². The summed E-state index contributed by atoms with van der Waals surface area (Å²) in [6.45, 7) is 2.47. The van der Waals surface area contributed by atoms with E-state index in [0.717, 1.165) is 34.0 Å². The van der Waals surface area contributed by atoms with Crippen molar-refractivity contribution in [2.75, 3.05) is 12.4 Å². The van der Waals surface area contributed by atoms with E-state index < -0.39 is 0 Å². The van der Waals surface area contributed by atoms with Crippen molar-refractivity contribution in [2.45, 2.75) is 25.4 Å². The Balaban J connectivity index is 1.31. The van der Waals surface area contributed by atoms with Crippen LogP contribution in [0.2, 0.25) is 5.02 Å². The number of nitrogens with one attached hydrogen (secondary N) is 2. The van der Waals surface area contributed by atoms with Gasteiger partial charge in [-0.15, -0.1) is 0 Å². The van der Waals surface area contributed by atoms with Gasteiger partial charge in [0.15, 0.2) is 17.0 Å². The number of hydrogen-bond acceptors (Lipinski definition) is 5. The molecule has 37 heavy (non-hydrogen) atoms. The molecule has 0 radical (unpaired) electrons. The Kier molecular flexibility index (Phi) is 7.58. The maximum absolute atomic E-state index is 12.6. The molecule has 4 aromatic rings. The SMILES string of the molecule is CCc1ccc(N[C@H]2NC(=O)/C(=C/c3cc(Cl)c(OCc4cccc5ccccc45)c(OC)c3)S2)cc1. The lowest BCUT2D eigenvalue weighted by atomic mass is 10.1. The number of fused-ring (bicyclic) bond motifs is 1. The summed E-state index contributed by atoms with van der Waals surface area (Å²) in [5.41, 5.74) is 3.78. The van der Waals surface area contributed by atoms with Crippen LogP contribution in [0.15, 0.2) is 83.8 Å². The summed E-state index contributed by atoms with van der Waals surface area (Å²) in [4.78, 5) is 13.2. The summed E-state index contributed by atoms with van der Waals surface area (Å²) in [6, 6.07) is 26.1. The third-order valence-electron chi connectivity index (χ3n) is 6.19. The molecule has 1 saturated heterocycles. The number of anilines is 1. The predicted molar refractivity (Wildman–Crippen MR) is 153 cm³/mol. The van der Waals surface area contributed by atoms with Crippen LogP contribution in [0.3, 0.4) is 0 Å². The number of aryl methyl sites for hydroxylation is 1. The van der Waals surface area contributed by atoms with Gasteiger partial charge in [0.2, 0.25) is 0 Å². The largest absolute Gasteiger partial charge is 0.493 e. The molecule has 0 aromatic heterocycles. The van der Waals surface area contributed by atoms with Gasteiger partial charge in [0, 0.05) is 5.69 Å². The first-order chi connectivity index (χ1) is 18.0. The molecule has 0 spiro atoms. The van der Waals surface area contributed by atoms with E-state index in [4.69, 9.17) is 21.1 Å². The molecule has 0 bridgehead atoms. The second-order valence-corrected chi connectivity index (χ2v) is 10.2. The van der Waals surface area contributed by atoms with Crippen molar-refractivity contribution in [3.05, 3.63) is 105 Å². The van der Waals surface area contributed by atoms with Gasteiger partial charge in [-0.1, -0.05) is 84.9 Å². The number of ether oxygens (including phenoxy) is 2. The second-order valence-electron chi connectivity index (χ2n) is 8.64. The summed E-state index contributed by atoms with van der Waals surface area (Å²) in [5, 5.41) is 9.02. The Morgan fingerprint density at radius 2 is 1.84 bits per heavy atom. The zero-order valence-electron chi connectivity index (χ0n) is 20.6. The standard InChI is InChI=1S/C30H27ClN2O3S/c1-3-19-11-13-23(14-12-19)32-30-33-29(34)27(37-30)17-20-15-25(31)28(26(16-20)35-2)36-18-22-9-6-8-21-7-4-5-10-24(21)22/h4-17,30,32H,3,18H2,1-2H3,(H,33,34)/b27-17-/t30-/m0/s1. The Hall–Kier alpha value is -3.61. The van der Waals surface area contributed by atoms with Crippen LogP contribution in [-0.4, -0.2) is 18.5 Å². The van der Waals surface area contributed by atoms with Gasteiger partial charge in [0.25, 0.3) is 5.91 Å². The van der Waals surface area contributed by atoms with E-state index in [9.17, 15) is 4.79 Å². The number of benzene rings is 4. The van der Waals surface area contributed by atoms with Gasteiger partial charge in [-0.05, 0) is 64.2 Å². The fourth-order valence-corrected chi connectivity index (χ4v) is 5.49. The third-order valence-corrected chi connectivity index (χ3v) is 7.50. The highest BCUT2D eigenvalue weighted by molar-refractivity contribution is 8.05. The number of methoxy groups -OCH3 is 1. The van der Waals surface area contributed by atoms with Gasteiger partial charge in [-0.3, -0.25) is 4.79 Å². The van der Waals surface area contributed by atoms with Crippen LogP contribution in [0.5, 0.6) is 11.5 Å². The van der Waals surface area contributed by atoms with Crippen LogP contribution in [-0.2, 0) is 17.8 Å². The monoisotopic (exact) mass is 530 g/mol. The minimum Gasteiger partial charge on any atom is -0.493 e. The first-order valence-corrected chi connectivity index (χ1v) is 13.3. The summed E-state index contributed by atoms with van der Waals surface area (Å²) < 4.78 is 11.7. The Morgan fingerprint density at radius 3 is 2.62 bits per heavy atom. The predicted octanol–water partition coefficient (Wildman–Crippen LogP) is 7.24. The van der Waals surface area contributed by atoms with Crippen LogP contribution in [0.1, 0.15) is 23.6 Å². The summed E-state index contributed by atoms with van der Waals surface area (Å²) in [6.07, 6.45) is 2.80. The number of hydrogen-bond donors (Lipinski definition) is 2. The van der Waals surface area contributed by atoms with Crippen LogP contribution in [0.4, 0.5) is 5.69 Å². The first kappa shape index (κ1) is 25.1. The van der Waals surface area contributed by atoms with Crippen molar-refractivity contribution in [2.24, 2.45) is 0 Å². The van der Waals surface area contributed by atoms with Gasteiger partial charge < -0.3 is 20.1 Å². The molecule has 4 aromatic carbocycles. The smallest absolute Gasteiger partial charge is 0.260 e. The van der Waals surface area contributed by atoms with Crippen molar-refractivity contribution in [1.29, 1.82) is 0 Å². The average Bonchev–Trinajstić information content (AvgIpc) is 3.26. The van der Waals surface area contributed by atoms with Gasteiger partial charge >= 0.3 is 0 Å². The van der Waals surface area contributed by atoms with Crippen LogP contribution in [0.25, 0.3) is 16.8 Å². The van der Waals surface area contributed by atoms with Gasteiger partial charge in [-0.25, -0.2) is 0 Å². The lowest BCUT2D eigenvalue weighted by Crippen LogP contribution is -2.30. The molecule has 0 aliphatic carbocycles. The van der Waals surface area contributed by atoms with Crippen molar-refractivity contribution >= 4 is 51.8 Å². The van der Waals surface area contributed by atoms with E-state index in [2.05, 4.69) is 47.9 Å². The van der Waals surface area contributed by atoms with Gasteiger partial charge in [-0.2, -0.15) is 0 Å². The maximum Gasteiger partial charge on any atom is 0.260 e. The normalized spacial score (nSPS) is 16.1. The van der Waals surface area contributed by atoms with Gasteiger partial charge in [0.1, 0.15) is 6.61 Å². The lowest BCUT2D eigenvalue weighted by molar-refractivity contribution is -0.116. The minimum atomic E-state index is -0.258. The minimum absolute atomic E-state index is 0.140.